The first-order valence-electron chi connectivity index (χ1n) is 9.99. The van der Waals surface area contributed by atoms with Gasteiger partial charge in [0.05, 0.1) is 22.5 Å². The van der Waals surface area contributed by atoms with Gasteiger partial charge in [-0.15, -0.1) is 5.10 Å². The van der Waals surface area contributed by atoms with Crippen LogP contribution < -0.4 is 10.2 Å². The molecule has 3 amide bonds. The van der Waals surface area contributed by atoms with Crippen molar-refractivity contribution in [3.63, 3.8) is 0 Å². The maximum Gasteiger partial charge on any atom is 0.266 e. The summed E-state index contributed by atoms with van der Waals surface area (Å²) in [4.78, 5) is 46.2. The summed E-state index contributed by atoms with van der Waals surface area (Å²) in [5.74, 6) is -1.11. The Morgan fingerprint density at radius 1 is 1.00 bits per heavy atom. The van der Waals surface area contributed by atoms with E-state index in [4.69, 9.17) is 0 Å². The molecule has 0 bridgehead atoms. The van der Waals surface area contributed by atoms with Crippen molar-refractivity contribution in [1.82, 2.24) is 14.6 Å². The maximum atomic E-state index is 13.1. The second-order valence-corrected chi connectivity index (χ2v) is 8.93. The molecule has 8 nitrogen and oxygen atoms in total. The molecular weight excluding hydrogens is 426 g/mol. The molecule has 0 fully saturated rings. The third-order valence-electron chi connectivity index (χ3n) is 5.84. The Labute approximate surface area is 187 Å². The van der Waals surface area contributed by atoms with E-state index in [0.717, 1.165) is 21.7 Å². The topological polar surface area (TPSA) is 96.7 Å². The fourth-order valence-corrected chi connectivity index (χ4v) is 4.65. The van der Waals surface area contributed by atoms with E-state index in [-0.39, 0.29) is 22.6 Å². The summed E-state index contributed by atoms with van der Waals surface area (Å²) in [6.45, 7) is 7.72. The molecule has 0 saturated heterocycles. The third-order valence-corrected chi connectivity index (χ3v) is 6.89. The van der Waals surface area contributed by atoms with Crippen LogP contribution in [0.4, 0.5) is 11.6 Å². The molecule has 2 aromatic carbocycles. The fourth-order valence-electron chi connectivity index (χ4n) is 3.75. The smallest absolute Gasteiger partial charge is 0.266 e. The quantitative estimate of drug-likeness (QED) is 0.480. The molecule has 0 saturated carbocycles. The van der Waals surface area contributed by atoms with Crippen LogP contribution in [0, 0.1) is 27.7 Å². The number of amides is 3. The van der Waals surface area contributed by atoms with E-state index in [0.29, 0.717) is 10.6 Å². The van der Waals surface area contributed by atoms with E-state index in [9.17, 15) is 14.4 Å². The molecule has 5 rings (SSSR count). The normalized spacial score (nSPS) is 13.2. The lowest BCUT2D eigenvalue weighted by Crippen LogP contribution is -2.30. The minimum atomic E-state index is -0.453. The Morgan fingerprint density at radius 2 is 1.75 bits per heavy atom. The Bertz CT molecular complexity index is 1470. The summed E-state index contributed by atoms with van der Waals surface area (Å²) >= 11 is 1.49. The van der Waals surface area contributed by atoms with E-state index in [1.807, 2.05) is 39.8 Å². The standard InChI is InChI=1S/C23H19N5O3S/c1-11-6-5-7-18(12(11)2)27-20(30)16-9-8-15(10-17(16)21(27)31)19(29)24-22-25-23-28(26-22)13(3)14(4)32-23/h5-10H,1-4H3,(H,24,26,29). The van der Waals surface area contributed by atoms with E-state index in [2.05, 4.69) is 15.4 Å². The van der Waals surface area contributed by atoms with Crippen LogP contribution in [0.2, 0.25) is 0 Å². The van der Waals surface area contributed by atoms with Gasteiger partial charge in [0.25, 0.3) is 23.7 Å². The second-order valence-electron chi connectivity index (χ2n) is 7.75. The lowest BCUT2D eigenvalue weighted by atomic mass is 10.1. The molecule has 0 atom stereocenters. The Kier molecular flexibility index (Phi) is 4.45. The number of carbonyl (C=O) groups excluding carboxylic acids is 3. The minimum Gasteiger partial charge on any atom is -0.289 e. The molecule has 0 unspecified atom stereocenters. The van der Waals surface area contributed by atoms with E-state index < -0.39 is 17.7 Å². The first kappa shape index (κ1) is 20.1. The number of nitrogens with one attached hydrogen (secondary N) is 1. The largest absolute Gasteiger partial charge is 0.289 e. The zero-order valence-electron chi connectivity index (χ0n) is 17.9. The highest BCUT2D eigenvalue weighted by atomic mass is 32.1. The van der Waals surface area contributed by atoms with E-state index in [1.54, 1.807) is 10.6 Å². The van der Waals surface area contributed by atoms with Crippen LogP contribution in [0.15, 0.2) is 36.4 Å². The number of aryl methyl sites for hydroxylation is 3. The van der Waals surface area contributed by atoms with Gasteiger partial charge in [0.1, 0.15) is 0 Å². The SMILES string of the molecule is Cc1cccc(N2C(=O)c3ccc(C(=O)Nc4nc5sc(C)c(C)n5n4)cc3C2=O)c1C. The molecule has 1 aliphatic rings. The molecule has 1 aliphatic heterocycles. The van der Waals surface area contributed by atoms with Gasteiger partial charge in [-0.2, -0.15) is 4.98 Å². The van der Waals surface area contributed by atoms with Crippen LogP contribution in [0.1, 0.15) is 52.8 Å². The number of nitrogens with zero attached hydrogens (tertiary/aromatic N) is 4. The number of aromatic nitrogens is 3. The summed E-state index contributed by atoms with van der Waals surface area (Å²) in [5.41, 5.74) is 4.08. The Morgan fingerprint density at radius 3 is 2.50 bits per heavy atom. The van der Waals surface area contributed by atoms with Crippen LogP contribution in [-0.2, 0) is 0 Å². The van der Waals surface area contributed by atoms with Crippen molar-refractivity contribution in [3.05, 3.63) is 74.8 Å². The number of hydrogen-bond acceptors (Lipinski definition) is 6. The van der Waals surface area contributed by atoms with Crippen molar-refractivity contribution in [2.45, 2.75) is 27.7 Å². The number of anilines is 2. The number of rotatable bonds is 3. The molecule has 9 heteroatoms. The van der Waals surface area contributed by atoms with Crippen LogP contribution in [-0.4, -0.2) is 32.3 Å². The lowest BCUT2D eigenvalue weighted by Gasteiger charge is -2.17. The van der Waals surface area contributed by atoms with Gasteiger partial charge in [-0.1, -0.05) is 23.5 Å². The molecule has 3 heterocycles. The van der Waals surface area contributed by atoms with Crippen LogP contribution >= 0.6 is 11.3 Å². The number of carbonyl (C=O) groups is 3. The molecule has 4 aromatic rings. The van der Waals surface area contributed by atoms with Crippen molar-refractivity contribution in [1.29, 1.82) is 0 Å². The first-order valence-corrected chi connectivity index (χ1v) is 10.8. The number of imide groups is 1. The predicted molar refractivity (Wildman–Crippen MR) is 122 cm³/mol. The molecule has 0 radical (unpaired) electrons. The van der Waals surface area contributed by atoms with Gasteiger partial charge in [0.15, 0.2) is 0 Å². The molecule has 160 valence electrons. The zero-order valence-corrected chi connectivity index (χ0v) is 18.7. The van der Waals surface area contributed by atoms with Crippen molar-refractivity contribution >= 4 is 45.7 Å². The van der Waals surface area contributed by atoms with Crippen LogP contribution in [0.25, 0.3) is 4.96 Å². The van der Waals surface area contributed by atoms with E-state index in [1.165, 1.54) is 34.4 Å². The number of thiazole rings is 1. The van der Waals surface area contributed by atoms with Crippen molar-refractivity contribution in [3.8, 4) is 0 Å². The van der Waals surface area contributed by atoms with Gasteiger partial charge in [0.2, 0.25) is 4.96 Å². The average molecular weight is 446 g/mol. The van der Waals surface area contributed by atoms with Gasteiger partial charge in [0, 0.05) is 10.4 Å². The zero-order chi connectivity index (χ0) is 22.7. The van der Waals surface area contributed by atoms with Crippen molar-refractivity contribution in [2.75, 3.05) is 10.2 Å². The Balaban J connectivity index is 1.45. The maximum absolute atomic E-state index is 13.1. The molecule has 32 heavy (non-hydrogen) atoms. The summed E-state index contributed by atoms with van der Waals surface area (Å²) in [7, 11) is 0. The highest BCUT2D eigenvalue weighted by molar-refractivity contribution is 7.17. The fraction of sp³-hybridized carbons (Fsp3) is 0.174. The molecule has 0 spiro atoms. The first-order chi connectivity index (χ1) is 15.3. The number of fused-ring (bicyclic) bond motifs is 2. The summed E-state index contributed by atoms with van der Waals surface area (Å²) in [6, 6.07) is 9.98. The van der Waals surface area contributed by atoms with Crippen molar-refractivity contribution < 1.29 is 14.4 Å². The highest BCUT2D eigenvalue weighted by Crippen LogP contribution is 2.32. The Hall–Kier alpha value is -3.85. The average Bonchev–Trinajstić information content (AvgIpc) is 3.36. The highest BCUT2D eigenvalue weighted by Gasteiger charge is 2.38. The van der Waals surface area contributed by atoms with Crippen LogP contribution in [0.3, 0.4) is 0 Å². The predicted octanol–water partition coefficient (Wildman–Crippen LogP) is 4.08. The summed E-state index contributed by atoms with van der Waals surface area (Å²) < 4.78 is 1.68. The summed E-state index contributed by atoms with van der Waals surface area (Å²) in [5, 5.41) is 6.99. The van der Waals surface area contributed by atoms with Gasteiger partial charge in [-0.3, -0.25) is 19.7 Å². The summed E-state index contributed by atoms with van der Waals surface area (Å²) in [6.07, 6.45) is 0. The van der Waals surface area contributed by atoms with Crippen molar-refractivity contribution in [2.24, 2.45) is 0 Å². The van der Waals surface area contributed by atoms with Crippen LogP contribution in [0.5, 0.6) is 0 Å². The van der Waals surface area contributed by atoms with Gasteiger partial charge in [-0.05, 0) is 63.1 Å². The molecule has 2 aromatic heterocycles. The van der Waals surface area contributed by atoms with Gasteiger partial charge < -0.3 is 0 Å². The molecular formula is C23H19N5O3S. The second kappa shape index (κ2) is 7.10. The monoisotopic (exact) mass is 445 g/mol. The number of benzene rings is 2. The lowest BCUT2D eigenvalue weighted by molar-refractivity contribution is 0.0925. The minimum absolute atomic E-state index is 0.185. The number of hydrogen-bond donors (Lipinski definition) is 1. The van der Waals surface area contributed by atoms with Gasteiger partial charge >= 0.3 is 0 Å². The molecule has 0 aliphatic carbocycles. The molecule has 1 N–H and O–H groups in total. The van der Waals surface area contributed by atoms with E-state index >= 15 is 0 Å². The third kappa shape index (κ3) is 2.93. The van der Waals surface area contributed by atoms with Gasteiger partial charge in [-0.25, -0.2) is 9.42 Å².